The van der Waals surface area contributed by atoms with E-state index in [2.05, 4.69) is 4.99 Å². The molecule has 5 nitrogen and oxygen atoms in total. The fraction of sp³-hybridized carbons (Fsp3) is 0.714. The molecule has 0 aromatic heterocycles. The number of amides is 1. The molecule has 1 amide bonds. The zero-order chi connectivity index (χ0) is 10.8. The van der Waals surface area contributed by atoms with Gasteiger partial charge in [0.25, 0.3) is 5.91 Å². The Morgan fingerprint density at radius 3 is 2.79 bits per heavy atom. The third-order valence-corrected chi connectivity index (χ3v) is 3.55. The van der Waals surface area contributed by atoms with Gasteiger partial charge in [-0.15, -0.1) is 0 Å². The van der Waals surface area contributed by atoms with Crippen LogP contribution in [0.15, 0.2) is 4.99 Å². The van der Waals surface area contributed by atoms with E-state index in [4.69, 9.17) is 0 Å². The Bertz CT molecular complexity index is 361. The van der Waals surface area contributed by atoms with Gasteiger partial charge in [-0.25, -0.2) is 13.1 Å². The molecular weight excluding hydrogens is 224 g/mol. The number of hydrogen-bond donors (Lipinski definition) is 1. The molecule has 0 bridgehead atoms. The summed E-state index contributed by atoms with van der Waals surface area (Å²) in [5.74, 6) is -0.617. The molecule has 7 heteroatoms. The number of sulfonamides is 1. The molecule has 1 heterocycles. The molecule has 1 aliphatic rings. The van der Waals surface area contributed by atoms with Gasteiger partial charge in [-0.05, 0) is 6.42 Å². The van der Waals surface area contributed by atoms with Crippen molar-refractivity contribution in [2.75, 3.05) is 12.8 Å². The maximum absolute atomic E-state index is 11.3. The first kappa shape index (κ1) is 11.5. The number of carbonyl (C=O) groups excluding carboxylic acids is 1. The Labute approximate surface area is 87.4 Å². The van der Waals surface area contributed by atoms with Gasteiger partial charge in [0.15, 0.2) is 5.04 Å². The highest BCUT2D eigenvalue weighted by Crippen LogP contribution is 2.23. The van der Waals surface area contributed by atoms with Crippen LogP contribution in [0.5, 0.6) is 0 Å². The largest absolute Gasteiger partial charge is 0.289 e. The highest BCUT2D eigenvalue weighted by atomic mass is 32.2. The van der Waals surface area contributed by atoms with Crippen molar-refractivity contribution in [3.8, 4) is 0 Å². The summed E-state index contributed by atoms with van der Waals surface area (Å²) in [6.07, 6.45) is 1.87. The van der Waals surface area contributed by atoms with E-state index < -0.39 is 15.9 Å². The van der Waals surface area contributed by atoms with Crippen molar-refractivity contribution in [3.05, 3.63) is 0 Å². The van der Waals surface area contributed by atoms with Gasteiger partial charge in [0.2, 0.25) is 10.0 Å². The third-order valence-electron chi connectivity index (χ3n) is 1.64. The van der Waals surface area contributed by atoms with Crippen LogP contribution in [0, 0.1) is 0 Å². The standard InChI is InChI=1S/C7H12N2O3S2/c1-3-5-4-8-7(13-5)6(10)9-14(2,11)12/h5H,3-4H2,1-2H3,(H,9,10)/t5-/m0/s1. The number of nitrogens with one attached hydrogen (secondary N) is 1. The zero-order valence-electron chi connectivity index (χ0n) is 7.98. The highest BCUT2D eigenvalue weighted by Gasteiger charge is 2.24. The van der Waals surface area contributed by atoms with Crippen molar-refractivity contribution >= 4 is 32.7 Å². The van der Waals surface area contributed by atoms with Crippen molar-refractivity contribution in [1.29, 1.82) is 0 Å². The van der Waals surface area contributed by atoms with E-state index in [9.17, 15) is 13.2 Å². The summed E-state index contributed by atoms with van der Waals surface area (Å²) in [5, 5.41) is 0.567. The average molecular weight is 236 g/mol. The molecule has 80 valence electrons. The Morgan fingerprint density at radius 2 is 2.36 bits per heavy atom. The van der Waals surface area contributed by atoms with Gasteiger partial charge in [0.05, 0.1) is 12.8 Å². The summed E-state index contributed by atoms with van der Waals surface area (Å²) in [6, 6.07) is 0. The van der Waals surface area contributed by atoms with Gasteiger partial charge in [0.1, 0.15) is 0 Å². The van der Waals surface area contributed by atoms with Gasteiger partial charge >= 0.3 is 0 Å². The number of thioether (sulfide) groups is 1. The van der Waals surface area contributed by atoms with Gasteiger partial charge in [-0.3, -0.25) is 9.79 Å². The molecule has 0 radical (unpaired) electrons. The molecule has 0 spiro atoms. The first-order valence-electron chi connectivity index (χ1n) is 4.15. The molecule has 0 fully saturated rings. The first-order valence-corrected chi connectivity index (χ1v) is 6.92. The molecule has 1 aliphatic heterocycles. The summed E-state index contributed by atoms with van der Waals surface area (Å²) in [4.78, 5) is 15.3. The zero-order valence-corrected chi connectivity index (χ0v) is 9.61. The van der Waals surface area contributed by atoms with Crippen molar-refractivity contribution in [3.63, 3.8) is 0 Å². The lowest BCUT2D eigenvalue weighted by molar-refractivity contribution is -0.112. The maximum atomic E-state index is 11.3. The molecule has 0 saturated heterocycles. The Morgan fingerprint density at radius 1 is 1.71 bits per heavy atom. The number of carbonyl (C=O) groups is 1. The number of aliphatic imine (C=N–C) groups is 1. The monoisotopic (exact) mass is 236 g/mol. The molecule has 0 aromatic rings. The Hall–Kier alpha value is -0.560. The molecule has 1 N–H and O–H groups in total. The number of nitrogens with zero attached hydrogens (tertiary/aromatic N) is 1. The van der Waals surface area contributed by atoms with Crippen LogP contribution in [-0.4, -0.2) is 37.4 Å². The highest BCUT2D eigenvalue weighted by molar-refractivity contribution is 8.16. The lowest BCUT2D eigenvalue weighted by Crippen LogP contribution is -2.33. The molecule has 0 saturated carbocycles. The van der Waals surface area contributed by atoms with Crippen LogP contribution in [0.3, 0.4) is 0 Å². The van der Waals surface area contributed by atoms with Gasteiger partial charge < -0.3 is 0 Å². The summed E-state index contributed by atoms with van der Waals surface area (Å²) >= 11 is 1.33. The topological polar surface area (TPSA) is 75.6 Å². The molecule has 0 unspecified atom stereocenters. The normalized spacial score (nSPS) is 21.9. The SMILES string of the molecule is CC[C@H]1CN=C(C(=O)NS(C)(=O)=O)S1. The second-order valence-electron chi connectivity index (χ2n) is 3.00. The van der Waals surface area contributed by atoms with Crippen molar-refractivity contribution in [1.82, 2.24) is 4.72 Å². The summed E-state index contributed by atoms with van der Waals surface area (Å²) in [6.45, 7) is 2.60. The summed E-state index contributed by atoms with van der Waals surface area (Å²) in [5.41, 5.74) is 0. The predicted octanol–water partition coefficient (Wildman–Crippen LogP) is -0.0139. The van der Waals surface area contributed by atoms with E-state index in [1.807, 2.05) is 11.6 Å². The average Bonchev–Trinajstić information content (AvgIpc) is 2.48. The number of hydrogen-bond acceptors (Lipinski definition) is 5. The van der Waals surface area contributed by atoms with Crippen molar-refractivity contribution in [2.45, 2.75) is 18.6 Å². The molecule has 1 atom stereocenters. The van der Waals surface area contributed by atoms with Crippen LogP contribution >= 0.6 is 11.8 Å². The van der Waals surface area contributed by atoms with Crippen LogP contribution in [0.2, 0.25) is 0 Å². The fourth-order valence-electron chi connectivity index (χ4n) is 0.967. The van der Waals surface area contributed by atoms with Gasteiger partial charge in [-0.1, -0.05) is 18.7 Å². The minimum absolute atomic E-state index is 0.266. The Kier molecular flexibility index (Phi) is 3.54. The molecule has 0 aliphatic carbocycles. The fourth-order valence-corrected chi connectivity index (χ4v) is 2.40. The van der Waals surface area contributed by atoms with E-state index in [-0.39, 0.29) is 5.04 Å². The minimum atomic E-state index is -3.48. The maximum Gasteiger partial charge on any atom is 0.289 e. The lowest BCUT2D eigenvalue weighted by atomic mass is 10.3. The van der Waals surface area contributed by atoms with E-state index >= 15 is 0 Å². The van der Waals surface area contributed by atoms with Crippen LogP contribution in [0.4, 0.5) is 0 Å². The summed E-state index contributed by atoms with van der Waals surface area (Å²) < 4.78 is 23.4. The van der Waals surface area contributed by atoms with E-state index in [0.29, 0.717) is 11.8 Å². The Balaban J connectivity index is 2.56. The second-order valence-corrected chi connectivity index (χ2v) is 6.03. The van der Waals surface area contributed by atoms with Gasteiger partial charge in [0, 0.05) is 5.25 Å². The molecular formula is C7H12N2O3S2. The smallest absolute Gasteiger partial charge is 0.272 e. The lowest BCUT2D eigenvalue weighted by Gasteiger charge is -2.03. The van der Waals surface area contributed by atoms with Crippen LogP contribution in [0.25, 0.3) is 0 Å². The van der Waals surface area contributed by atoms with Crippen molar-refractivity contribution in [2.24, 2.45) is 4.99 Å². The van der Waals surface area contributed by atoms with E-state index in [0.717, 1.165) is 12.7 Å². The van der Waals surface area contributed by atoms with Crippen LogP contribution in [0.1, 0.15) is 13.3 Å². The van der Waals surface area contributed by atoms with Crippen molar-refractivity contribution < 1.29 is 13.2 Å². The molecule has 1 rings (SSSR count). The van der Waals surface area contributed by atoms with Crippen LogP contribution < -0.4 is 4.72 Å². The van der Waals surface area contributed by atoms with Gasteiger partial charge in [-0.2, -0.15) is 0 Å². The first-order chi connectivity index (χ1) is 6.42. The van der Waals surface area contributed by atoms with E-state index in [1.54, 1.807) is 0 Å². The molecule has 14 heavy (non-hydrogen) atoms. The minimum Gasteiger partial charge on any atom is -0.272 e. The quantitative estimate of drug-likeness (QED) is 0.747. The predicted molar refractivity (Wildman–Crippen MR) is 57.0 cm³/mol. The molecule has 0 aromatic carbocycles. The second kappa shape index (κ2) is 4.31. The third kappa shape index (κ3) is 3.30. The van der Waals surface area contributed by atoms with Crippen LogP contribution in [-0.2, 0) is 14.8 Å². The summed E-state index contributed by atoms with van der Waals surface area (Å²) in [7, 11) is -3.48. The number of rotatable bonds is 3. The van der Waals surface area contributed by atoms with E-state index in [1.165, 1.54) is 11.8 Å².